The smallest absolute Gasteiger partial charge is 0.407 e. The van der Waals surface area contributed by atoms with Crippen molar-refractivity contribution in [2.24, 2.45) is 0 Å². The molecule has 0 bridgehead atoms. The summed E-state index contributed by atoms with van der Waals surface area (Å²) in [5, 5.41) is 24.1. The Morgan fingerprint density at radius 3 is 2.41 bits per heavy atom. The molecule has 3 heterocycles. The zero-order valence-corrected chi connectivity index (χ0v) is 23.5. The molecule has 2 aliphatic carbocycles. The van der Waals surface area contributed by atoms with Crippen molar-refractivity contribution >= 4 is 34.8 Å². The summed E-state index contributed by atoms with van der Waals surface area (Å²) in [7, 11) is 4.04. The summed E-state index contributed by atoms with van der Waals surface area (Å²) in [5.41, 5.74) is 1.48. The van der Waals surface area contributed by atoms with Gasteiger partial charge in [-0.25, -0.2) is 18.7 Å². The molecule has 0 unspecified atom stereocenters. The van der Waals surface area contributed by atoms with E-state index in [4.69, 9.17) is 0 Å². The zero-order valence-electron chi connectivity index (χ0n) is 23.5. The molecular formula is C28H38FN9O3. The van der Waals surface area contributed by atoms with Crippen molar-refractivity contribution in [2.45, 2.75) is 69.5 Å². The molecule has 13 heteroatoms. The van der Waals surface area contributed by atoms with Crippen LogP contribution in [0.2, 0.25) is 0 Å². The third-order valence-electron chi connectivity index (χ3n) is 7.65. The first-order valence-electron chi connectivity index (χ1n) is 14.3. The van der Waals surface area contributed by atoms with Gasteiger partial charge < -0.3 is 30.9 Å². The van der Waals surface area contributed by atoms with Crippen LogP contribution in [0.1, 0.15) is 61.9 Å². The number of carbonyl (C=O) groups is 2. The van der Waals surface area contributed by atoms with Gasteiger partial charge in [-0.2, -0.15) is 0 Å². The van der Waals surface area contributed by atoms with Crippen LogP contribution in [0, 0.1) is 5.82 Å². The fraction of sp³-hybridized carbons (Fsp3) is 0.536. The number of anilines is 3. The molecule has 12 nitrogen and oxygen atoms in total. The lowest BCUT2D eigenvalue weighted by atomic mass is 9.90. The summed E-state index contributed by atoms with van der Waals surface area (Å²) in [4.78, 5) is 36.9. The van der Waals surface area contributed by atoms with E-state index < -0.39 is 17.8 Å². The van der Waals surface area contributed by atoms with E-state index in [1.165, 1.54) is 23.0 Å². The van der Waals surface area contributed by atoms with Crippen molar-refractivity contribution in [3.63, 3.8) is 0 Å². The van der Waals surface area contributed by atoms with Gasteiger partial charge in [-0.15, -0.1) is 5.10 Å². The molecule has 41 heavy (non-hydrogen) atoms. The van der Waals surface area contributed by atoms with E-state index in [2.05, 4.69) is 35.9 Å². The van der Waals surface area contributed by atoms with E-state index in [-0.39, 0.29) is 23.5 Å². The average molecular weight is 568 g/mol. The number of pyridine rings is 1. The van der Waals surface area contributed by atoms with Gasteiger partial charge >= 0.3 is 6.09 Å². The number of hydrogen-bond acceptors (Lipinski definition) is 8. The predicted octanol–water partition coefficient (Wildman–Crippen LogP) is 4.13. The second-order valence-electron chi connectivity index (χ2n) is 11.2. The fourth-order valence-corrected chi connectivity index (χ4v) is 5.30. The Bertz CT molecular complexity index is 1370. The number of nitrogens with one attached hydrogen (secondary N) is 3. The van der Waals surface area contributed by atoms with Gasteiger partial charge in [0.2, 0.25) is 0 Å². The van der Waals surface area contributed by atoms with Gasteiger partial charge in [-0.1, -0.05) is 0 Å². The summed E-state index contributed by atoms with van der Waals surface area (Å²) in [6, 6.07) is 3.77. The van der Waals surface area contributed by atoms with E-state index in [1.54, 1.807) is 4.90 Å². The first-order chi connectivity index (χ1) is 19.8. The summed E-state index contributed by atoms with van der Waals surface area (Å²) >= 11 is 0. The predicted molar refractivity (Wildman–Crippen MR) is 154 cm³/mol. The number of hydrogen-bond donors (Lipinski definition) is 4. The van der Waals surface area contributed by atoms with Crippen molar-refractivity contribution in [3.8, 4) is 0 Å². The van der Waals surface area contributed by atoms with E-state index >= 15 is 0 Å². The second kappa shape index (κ2) is 12.7. The average Bonchev–Trinajstić information content (AvgIpc) is 3.65. The first kappa shape index (κ1) is 28.5. The highest BCUT2D eigenvalue weighted by Gasteiger charge is 2.29. The summed E-state index contributed by atoms with van der Waals surface area (Å²) < 4.78 is 15.6. The Hall–Kier alpha value is -4.00. The van der Waals surface area contributed by atoms with Gasteiger partial charge in [0.15, 0.2) is 17.2 Å². The lowest BCUT2D eigenvalue weighted by Gasteiger charge is -2.36. The Morgan fingerprint density at radius 2 is 1.73 bits per heavy atom. The van der Waals surface area contributed by atoms with Gasteiger partial charge in [0, 0.05) is 36.9 Å². The van der Waals surface area contributed by atoms with Crippen LogP contribution in [0.25, 0.3) is 5.65 Å². The third-order valence-corrected chi connectivity index (χ3v) is 7.65. The van der Waals surface area contributed by atoms with Crippen LogP contribution in [0.15, 0.2) is 30.7 Å². The van der Waals surface area contributed by atoms with E-state index in [9.17, 15) is 19.1 Å². The van der Waals surface area contributed by atoms with Crippen molar-refractivity contribution in [3.05, 3.63) is 42.2 Å². The number of carbonyl (C=O) groups excluding carboxylic acids is 1. The highest BCUT2D eigenvalue weighted by molar-refractivity contribution is 6.03. The standard InChI is InChI=1S/C28H38FN9O3/c1-36(2)13-3-4-14-37(28(40)41)20-9-7-19(8-10-20)33-25-15-23(32-18-5-6-18)26-31-17-24(38(26)35-25)27(39)34-22-11-12-30-16-21(22)29/h11-12,15-20,32H,3-10,13-14H2,1-2H3,(H,33,35)(H,40,41)(H,30,34,39)/t19-,20-. The van der Waals surface area contributed by atoms with Gasteiger partial charge in [-0.05, 0) is 78.1 Å². The number of carboxylic acid groups (broad SMARTS) is 1. The Kier molecular flexibility index (Phi) is 8.81. The fourth-order valence-electron chi connectivity index (χ4n) is 5.30. The number of amides is 2. The second-order valence-corrected chi connectivity index (χ2v) is 11.2. The molecule has 2 fully saturated rings. The minimum atomic E-state index is -0.855. The molecule has 2 saturated carbocycles. The molecule has 0 aliphatic heterocycles. The molecule has 3 aromatic heterocycles. The van der Waals surface area contributed by atoms with Crippen LogP contribution in [0.3, 0.4) is 0 Å². The number of imidazole rings is 1. The lowest BCUT2D eigenvalue weighted by Crippen LogP contribution is -2.44. The molecule has 0 spiro atoms. The normalized spacial score (nSPS) is 18.8. The number of aromatic nitrogens is 4. The number of unbranched alkanes of at least 4 members (excludes halogenated alkanes) is 1. The Labute approximate surface area is 238 Å². The van der Waals surface area contributed by atoms with Crippen LogP contribution in [0.4, 0.5) is 26.4 Å². The van der Waals surface area contributed by atoms with Crippen molar-refractivity contribution in [1.29, 1.82) is 0 Å². The molecule has 0 atom stereocenters. The van der Waals surface area contributed by atoms with Crippen LogP contribution in [-0.4, -0.2) is 91.8 Å². The molecule has 0 aromatic carbocycles. The summed E-state index contributed by atoms with van der Waals surface area (Å²) in [5.74, 6) is -0.582. The van der Waals surface area contributed by atoms with Crippen molar-refractivity contribution in [1.82, 2.24) is 29.4 Å². The monoisotopic (exact) mass is 567 g/mol. The van der Waals surface area contributed by atoms with Crippen LogP contribution < -0.4 is 16.0 Å². The number of nitrogens with zero attached hydrogens (tertiary/aromatic N) is 6. The Morgan fingerprint density at radius 1 is 1.02 bits per heavy atom. The SMILES string of the molecule is CN(C)CCCCN(C(=O)O)[C@H]1CC[C@H](Nc2cc(NC3CC3)c3ncc(C(=O)Nc4ccncc4F)n3n2)CC1. The largest absolute Gasteiger partial charge is 0.465 e. The molecular weight excluding hydrogens is 529 g/mol. The van der Waals surface area contributed by atoms with Gasteiger partial charge in [-0.3, -0.25) is 9.78 Å². The highest BCUT2D eigenvalue weighted by Crippen LogP contribution is 2.31. The maximum Gasteiger partial charge on any atom is 0.407 e. The minimum Gasteiger partial charge on any atom is -0.465 e. The van der Waals surface area contributed by atoms with Crippen LogP contribution in [-0.2, 0) is 0 Å². The van der Waals surface area contributed by atoms with Crippen molar-refractivity contribution in [2.75, 3.05) is 43.1 Å². The first-order valence-corrected chi connectivity index (χ1v) is 14.3. The molecule has 220 valence electrons. The molecule has 3 aromatic rings. The maximum absolute atomic E-state index is 14.1. The van der Waals surface area contributed by atoms with E-state index in [0.29, 0.717) is 24.1 Å². The third kappa shape index (κ3) is 7.20. The van der Waals surface area contributed by atoms with Crippen molar-refractivity contribution < 1.29 is 19.1 Å². The molecule has 5 rings (SSSR count). The number of rotatable bonds is 12. The van der Waals surface area contributed by atoms with Gasteiger partial charge in [0.05, 0.1) is 23.8 Å². The summed E-state index contributed by atoms with van der Waals surface area (Å²) in [6.45, 7) is 1.50. The topological polar surface area (TPSA) is 140 Å². The number of halogens is 1. The summed E-state index contributed by atoms with van der Waals surface area (Å²) in [6.07, 6.45) is 10.1. The van der Waals surface area contributed by atoms with Gasteiger partial charge in [0.1, 0.15) is 5.82 Å². The molecule has 2 aliphatic rings. The van der Waals surface area contributed by atoms with E-state index in [1.807, 2.05) is 20.2 Å². The lowest BCUT2D eigenvalue weighted by molar-refractivity contribution is 0.101. The van der Waals surface area contributed by atoms with E-state index in [0.717, 1.165) is 69.8 Å². The minimum absolute atomic E-state index is 0.00460. The Balaban J connectivity index is 1.27. The molecule has 0 saturated heterocycles. The van der Waals surface area contributed by atoms with Gasteiger partial charge in [0.25, 0.3) is 5.91 Å². The quantitative estimate of drug-likeness (QED) is 0.238. The molecule has 0 radical (unpaired) electrons. The van der Waals surface area contributed by atoms with Crippen LogP contribution in [0.5, 0.6) is 0 Å². The van der Waals surface area contributed by atoms with Crippen LogP contribution >= 0.6 is 0 Å². The molecule has 4 N–H and O–H groups in total. The maximum atomic E-state index is 14.1. The number of fused-ring (bicyclic) bond motifs is 1. The zero-order chi connectivity index (χ0) is 28.9. The highest BCUT2D eigenvalue weighted by atomic mass is 19.1. The molecule has 2 amide bonds.